The van der Waals surface area contributed by atoms with Gasteiger partial charge >= 0.3 is 0 Å². The van der Waals surface area contributed by atoms with Gasteiger partial charge in [0.2, 0.25) is 0 Å². The fraction of sp³-hybridized carbons (Fsp3) is 0.455. The molecule has 1 radical (unpaired) electrons. The first kappa shape index (κ1) is 10.5. The molecule has 0 nitrogen and oxygen atoms in total. The molecular formula is C11H14BS2. The molecule has 2 heterocycles. The average molecular weight is 221 g/mol. The fourth-order valence-corrected chi connectivity index (χ4v) is 4.05. The van der Waals surface area contributed by atoms with Crippen LogP contribution in [-0.4, -0.2) is 7.28 Å². The van der Waals surface area contributed by atoms with Gasteiger partial charge in [-0.25, -0.2) is 0 Å². The Bertz CT molecular complexity index is 254. The van der Waals surface area contributed by atoms with Crippen molar-refractivity contribution in [2.24, 2.45) is 0 Å². The zero-order valence-corrected chi connectivity index (χ0v) is 9.87. The van der Waals surface area contributed by atoms with Crippen LogP contribution >= 0.6 is 21.6 Å². The second-order valence-corrected chi connectivity index (χ2v) is 5.86. The summed E-state index contributed by atoms with van der Waals surface area (Å²) in [4.78, 5) is 1.45. The summed E-state index contributed by atoms with van der Waals surface area (Å²) < 4.78 is 0. The lowest BCUT2D eigenvalue weighted by atomic mass is 9.77. The Morgan fingerprint density at radius 2 is 1.86 bits per heavy atom. The minimum atomic E-state index is 1.18. The Morgan fingerprint density at radius 1 is 1.07 bits per heavy atom. The van der Waals surface area contributed by atoms with Crippen LogP contribution in [0, 0.1) is 0 Å². The molecule has 0 aliphatic carbocycles. The highest BCUT2D eigenvalue weighted by Crippen LogP contribution is 2.43. The van der Waals surface area contributed by atoms with E-state index in [1.54, 1.807) is 0 Å². The maximum Gasteiger partial charge on any atom is 0.109 e. The van der Waals surface area contributed by atoms with E-state index in [-0.39, 0.29) is 0 Å². The molecule has 1 saturated heterocycles. The van der Waals surface area contributed by atoms with Gasteiger partial charge in [0.25, 0.3) is 0 Å². The number of hydrogen-bond acceptors (Lipinski definition) is 2. The molecule has 14 heavy (non-hydrogen) atoms. The van der Waals surface area contributed by atoms with Crippen molar-refractivity contribution in [1.82, 2.24) is 0 Å². The van der Waals surface area contributed by atoms with Crippen LogP contribution in [0.5, 0.6) is 0 Å². The SMILES string of the molecule is [B]1CCCC1.c1ccc2c(c1)CSS2. The molecule has 0 spiro atoms. The summed E-state index contributed by atoms with van der Waals surface area (Å²) in [6.45, 7) is 0. The molecule has 1 aromatic carbocycles. The monoisotopic (exact) mass is 221 g/mol. The number of hydrogen-bond donors (Lipinski definition) is 0. The first-order valence-corrected chi connectivity index (χ1v) is 7.48. The minimum Gasteiger partial charge on any atom is -0.0841 e. The first-order valence-electron chi connectivity index (χ1n) is 5.16. The Hall–Kier alpha value is -0.0151. The van der Waals surface area contributed by atoms with Gasteiger partial charge in [-0.1, -0.05) is 65.3 Å². The number of fused-ring (bicyclic) bond motifs is 1. The van der Waals surface area contributed by atoms with E-state index in [0.717, 1.165) is 0 Å². The van der Waals surface area contributed by atoms with Crippen molar-refractivity contribution in [1.29, 1.82) is 0 Å². The Labute approximate surface area is 94.9 Å². The quantitative estimate of drug-likeness (QED) is 0.474. The van der Waals surface area contributed by atoms with E-state index in [1.807, 2.05) is 21.6 Å². The van der Waals surface area contributed by atoms with Gasteiger partial charge in [0.15, 0.2) is 0 Å². The molecule has 3 rings (SSSR count). The lowest BCUT2D eigenvalue weighted by molar-refractivity contribution is 0.935. The summed E-state index contributed by atoms with van der Waals surface area (Å²) in [5, 5.41) is 0. The summed E-state index contributed by atoms with van der Waals surface area (Å²) >= 11 is 0. The van der Waals surface area contributed by atoms with Gasteiger partial charge in [0.05, 0.1) is 0 Å². The van der Waals surface area contributed by atoms with E-state index in [9.17, 15) is 0 Å². The van der Waals surface area contributed by atoms with Gasteiger partial charge in [-0.05, 0) is 11.6 Å². The van der Waals surface area contributed by atoms with Crippen LogP contribution in [0.1, 0.15) is 18.4 Å². The zero-order valence-electron chi connectivity index (χ0n) is 8.24. The standard InChI is InChI=1S/C7H6S2.C4H8B/c1-2-4-7-6(3-1)5-8-9-7;1-2-4-5-3-1/h1-4H,5H2;1-4H2. The lowest BCUT2D eigenvalue weighted by Crippen LogP contribution is -1.73. The summed E-state index contributed by atoms with van der Waals surface area (Å²) in [5.41, 5.74) is 1.49. The first-order chi connectivity index (χ1) is 6.97. The van der Waals surface area contributed by atoms with E-state index >= 15 is 0 Å². The van der Waals surface area contributed by atoms with Gasteiger partial charge in [0.1, 0.15) is 7.28 Å². The van der Waals surface area contributed by atoms with Crippen molar-refractivity contribution in [3.8, 4) is 0 Å². The number of rotatable bonds is 0. The molecule has 2 aliphatic rings. The van der Waals surface area contributed by atoms with Crippen molar-refractivity contribution < 1.29 is 0 Å². The van der Waals surface area contributed by atoms with Crippen LogP contribution in [0.3, 0.4) is 0 Å². The molecule has 73 valence electrons. The Morgan fingerprint density at radius 3 is 2.50 bits per heavy atom. The smallest absolute Gasteiger partial charge is 0.0841 e. The van der Waals surface area contributed by atoms with Crippen LogP contribution in [0.2, 0.25) is 12.6 Å². The topological polar surface area (TPSA) is 0 Å². The van der Waals surface area contributed by atoms with Crippen molar-refractivity contribution in [3.05, 3.63) is 29.8 Å². The Balaban J connectivity index is 0.000000128. The third-order valence-corrected chi connectivity index (χ3v) is 4.77. The normalized spacial score (nSPS) is 18.0. The third-order valence-electron chi connectivity index (χ3n) is 2.40. The maximum absolute atomic E-state index is 2.36. The van der Waals surface area contributed by atoms with Crippen LogP contribution in [0.15, 0.2) is 29.2 Å². The van der Waals surface area contributed by atoms with E-state index in [2.05, 4.69) is 31.5 Å². The molecule has 0 saturated carbocycles. The Kier molecular flexibility index (Phi) is 4.33. The highest BCUT2D eigenvalue weighted by atomic mass is 33.1. The molecule has 0 bridgehead atoms. The van der Waals surface area contributed by atoms with Crippen LogP contribution in [0.25, 0.3) is 0 Å². The van der Waals surface area contributed by atoms with Gasteiger partial charge in [0, 0.05) is 10.6 Å². The molecule has 1 aromatic rings. The van der Waals surface area contributed by atoms with Crippen molar-refractivity contribution in [2.45, 2.75) is 36.1 Å². The lowest BCUT2D eigenvalue weighted by Gasteiger charge is -1.90. The summed E-state index contributed by atoms with van der Waals surface area (Å²) in [6, 6.07) is 8.57. The van der Waals surface area contributed by atoms with E-state index < -0.39 is 0 Å². The van der Waals surface area contributed by atoms with Gasteiger partial charge in [-0.15, -0.1) is 0 Å². The van der Waals surface area contributed by atoms with Crippen molar-refractivity contribution >= 4 is 28.9 Å². The predicted molar refractivity (Wildman–Crippen MR) is 68.2 cm³/mol. The van der Waals surface area contributed by atoms with Crippen LogP contribution < -0.4 is 0 Å². The highest BCUT2D eigenvalue weighted by Gasteiger charge is 2.09. The highest BCUT2D eigenvalue weighted by molar-refractivity contribution is 8.76. The van der Waals surface area contributed by atoms with E-state index in [1.165, 1.54) is 41.7 Å². The van der Waals surface area contributed by atoms with Crippen molar-refractivity contribution in [2.75, 3.05) is 0 Å². The summed E-state index contributed by atoms with van der Waals surface area (Å²) in [5.74, 6) is 1.18. The van der Waals surface area contributed by atoms with Crippen molar-refractivity contribution in [3.63, 3.8) is 0 Å². The van der Waals surface area contributed by atoms with Gasteiger partial charge < -0.3 is 0 Å². The molecule has 0 N–H and O–H groups in total. The van der Waals surface area contributed by atoms with E-state index in [4.69, 9.17) is 0 Å². The molecular weight excluding hydrogens is 207 g/mol. The fourth-order valence-electron chi connectivity index (χ4n) is 1.58. The van der Waals surface area contributed by atoms with E-state index in [0.29, 0.717) is 0 Å². The number of benzene rings is 1. The van der Waals surface area contributed by atoms with Gasteiger partial charge in [-0.3, -0.25) is 0 Å². The maximum atomic E-state index is 2.36. The summed E-state index contributed by atoms with van der Waals surface area (Å²) in [6.07, 6.45) is 5.64. The zero-order chi connectivity index (χ0) is 9.64. The van der Waals surface area contributed by atoms with Crippen LogP contribution in [-0.2, 0) is 5.75 Å². The molecule has 0 aromatic heterocycles. The third kappa shape index (κ3) is 2.99. The molecule has 1 fully saturated rings. The molecule has 3 heteroatoms. The molecule has 0 unspecified atom stereocenters. The predicted octanol–water partition coefficient (Wildman–Crippen LogP) is 4.26. The molecule has 0 atom stereocenters. The minimum absolute atomic E-state index is 1.18. The van der Waals surface area contributed by atoms with Gasteiger partial charge in [-0.2, -0.15) is 0 Å². The van der Waals surface area contributed by atoms with Crippen LogP contribution in [0.4, 0.5) is 0 Å². The molecule has 2 aliphatic heterocycles. The second-order valence-electron chi connectivity index (χ2n) is 3.53. The summed E-state index contributed by atoms with van der Waals surface area (Å²) in [7, 11) is 6.17. The largest absolute Gasteiger partial charge is 0.109 e. The second kappa shape index (κ2) is 5.77. The average Bonchev–Trinajstić information content (AvgIpc) is 2.92. The molecule has 0 amide bonds.